The molecule has 0 atom stereocenters. The van der Waals surface area contributed by atoms with Gasteiger partial charge in [-0.3, -0.25) is 0 Å². The lowest BCUT2D eigenvalue weighted by Crippen LogP contribution is -2.16. The van der Waals surface area contributed by atoms with Gasteiger partial charge in [-0.05, 0) is 31.0 Å². The molecular weight excluding hydrogens is 191 g/mol. The maximum Gasteiger partial charge on any atom is 0.129 e. The van der Waals surface area contributed by atoms with E-state index < -0.39 is 0 Å². The number of nitrogen functional groups attached to an aromatic ring is 1. The van der Waals surface area contributed by atoms with Gasteiger partial charge in [0.2, 0.25) is 0 Å². The van der Waals surface area contributed by atoms with Gasteiger partial charge in [-0.25, -0.2) is 4.39 Å². The molecule has 2 rings (SSSR count). The van der Waals surface area contributed by atoms with Crippen molar-refractivity contribution in [3.05, 3.63) is 29.6 Å². The molecule has 0 saturated heterocycles. The number of hydrogen-bond acceptors (Lipinski definition) is 2. The van der Waals surface area contributed by atoms with E-state index in [1.165, 1.54) is 25.3 Å². The summed E-state index contributed by atoms with van der Waals surface area (Å²) >= 11 is 0. The first-order valence-electron chi connectivity index (χ1n) is 5.50. The Morgan fingerprint density at radius 1 is 1.40 bits per heavy atom. The number of hydrogen-bond donors (Lipinski definition) is 2. The zero-order chi connectivity index (χ0) is 10.7. The first-order valence-corrected chi connectivity index (χ1v) is 5.50. The summed E-state index contributed by atoms with van der Waals surface area (Å²) in [6.45, 7) is 1.58. The number of halogens is 1. The molecule has 1 aliphatic carbocycles. The van der Waals surface area contributed by atoms with Crippen LogP contribution in [-0.2, 0) is 6.54 Å². The van der Waals surface area contributed by atoms with Crippen LogP contribution in [-0.4, -0.2) is 6.54 Å². The summed E-state index contributed by atoms with van der Waals surface area (Å²) in [6, 6.07) is 4.85. The van der Waals surface area contributed by atoms with E-state index in [9.17, 15) is 4.39 Å². The summed E-state index contributed by atoms with van der Waals surface area (Å²) in [5.41, 5.74) is 6.65. The monoisotopic (exact) mass is 208 g/mol. The first kappa shape index (κ1) is 10.4. The minimum absolute atomic E-state index is 0.214. The Bertz CT molecular complexity index is 334. The smallest absolute Gasteiger partial charge is 0.129 e. The van der Waals surface area contributed by atoms with Gasteiger partial charge in [0.1, 0.15) is 5.82 Å². The Kier molecular flexibility index (Phi) is 3.21. The van der Waals surface area contributed by atoms with Crippen LogP contribution in [0.3, 0.4) is 0 Å². The predicted octanol–water partition coefficient (Wildman–Crippen LogP) is 2.30. The molecule has 1 saturated carbocycles. The summed E-state index contributed by atoms with van der Waals surface area (Å²) in [6.07, 6.45) is 3.96. The van der Waals surface area contributed by atoms with Crippen LogP contribution < -0.4 is 11.1 Å². The van der Waals surface area contributed by atoms with Crippen molar-refractivity contribution in [2.75, 3.05) is 12.3 Å². The van der Waals surface area contributed by atoms with Gasteiger partial charge in [0.05, 0.1) is 0 Å². The Labute approximate surface area is 89.7 Å². The molecule has 0 bridgehead atoms. The Hall–Kier alpha value is -1.09. The molecule has 15 heavy (non-hydrogen) atoms. The van der Waals surface area contributed by atoms with Crippen molar-refractivity contribution in [2.45, 2.75) is 25.8 Å². The van der Waals surface area contributed by atoms with Crippen molar-refractivity contribution >= 4 is 5.69 Å². The third-order valence-electron chi connectivity index (χ3n) is 2.82. The number of nitrogens with one attached hydrogen (secondary N) is 1. The minimum atomic E-state index is -0.214. The van der Waals surface area contributed by atoms with E-state index in [0.717, 1.165) is 12.5 Å². The first-order chi connectivity index (χ1) is 7.25. The van der Waals surface area contributed by atoms with E-state index in [1.807, 2.05) is 0 Å². The molecule has 1 aliphatic rings. The molecule has 1 aromatic carbocycles. The molecule has 0 aromatic heterocycles. The summed E-state index contributed by atoms with van der Waals surface area (Å²) in [5.74, 6) is 0.711. The SMILES string of the molecule is Nc1ccc(CNCCC2CC2)c(F)c1. The van der Waals surface area contributed by atoms with Crippen LogP contribution in [0, 0.1) is 11.7 Å². The van der Waals surface area contributed by atoms with Crippen molar-refractivity contribution in [3.63, 3.8) is 0 Å². The fraction of sp³-hybridized carbons (Fsp3) is 0.500. The fourth-order valence-corrected chi connectivity index (χ4v) is 1.64. The van der Waals surface area contributed by atoms with E-state index in [0.29, 0.717) is 17.8 Å². The molecule has 0 heterocycles. The van der Waals surface area contributed by atoms with Crippen LogP contribution in [0.2, 0.25) is 0 Å². The van der Waals surface area contributed by atoms with Crippen LogP contribution >= 0.6 is 0 Å². The molecule has 82 valence electrons. The van der Waals surface area contributed by atoms with E-state index in [-0.39, 0.29) is 5.82 Å². The van der Waals surface area contributed by atoms with Gasteiger partial charge in [-0.2, -0.15) is 0 Å². The summed E-state index contributed by atoms with van der Waals surface area (Å²) < 4.78 is 13.3. The quantitative estimate of drug-likeness (QED) is 0.575. The molecule has 0 spiro atoms. The van der Waals surface area contributed by atoms with E-state index in [2.05, 4.69) is 5.32 Å². The van der Waals surface area contributed by atoms with E-state index in [1.54, 1.807) is 12.1 Å². The third-order valence-corrected chi connectivity index (χ3v) is 2.82. The third kappa shape index (κ3) is 3.20. The number of nitrogens with two attached hydrogens (primary N) is 1. The maximum atomic E-state index is 13.3. The number of rotatable bonds is 5. The molecule has 0 aliphatic heterocycles. The minimum Gasteiger partial charge on any atom is -0.399 e. The molecule has 0 unspecified atom stereocenters. The second kappa shape index (κ2) is 4.62. The predicted molar refractivity (Wildman–Crippen MR) is 59.9 cm³/mol. The fourth-order valence-electron chi connectivity index (χ4n) is 1.64. The van der Waals surface area contributed by atoms with Crippen molar-refractivity contribution in [2.24, 2.45) is 5.92 Å². The molecule has 3 N–H and O–H groups in total. The molecule has 1 fully saturated rings. The van der Waals surface area contributed by atoms with Crippen molar-refractivity contribution in [3.8, 4) is 0 Å². The topological polar surface area (TPSA) is 38.0 Å². The standard InChI is InChI=1S/C12H17FN2/c13-12-7-11(14)4-3-10(12)8-15-6-5-9-1-2-9/h3-4,7,9,15H,1-2,5-6,8,14H2. The lowest BCUT2D eigenvalue weighted by Gasteiger charge is -2.06. The average Bonchev–Trinajstić information content (AvgIpc) is 2.99. The highest BCUT2D eigenvalue weighted by molar-refractivity contribution is 5.40. The van der Waals surface area contributed by atoms with Gasteiger partial charge in [0.15, 0.2) is 0 Å². The molecule has 3 heteroatoms. The zero-order valence-corrected chi connectivity index (χ0v) is 8.80. The van der Waals surface area contributed by atoms with E-state index >= 15 is 0 Å². The molecule has 1 aromatic rings. The van der Waals surface area contributed by atoms with E-state index in [4.69, 9.17) is 5.73 Å². The maximum absolute atomic E-state index is 13.3. The zero-order valence-electron chi connectivity index (χ0n) is 8.80. The largest absolute Gasteiger partial charge is 0.399 e. The lowest BCUT2D eigenvalue weighted by molar-refractivity contribution is 0.572. The highest BCUT2D eigenvalue weighted by Crippen LogP contribution is 2.31. The van der Waals surface area contributed by atoms with Gasteiger partial charge in [-0.1, -0.05) is 18.9 Å². The molecule has 2 nitrogen and oxygen atoms in total. The van der Waals surface area contributed by atoms with Gasteiger partial charge in [0, 0.05) is 17.8 Å². The summed E-state index contributed by atoms with van der Waals surface area (Å²) in [7, 11) is 0. The second-order valence-corrected chi connectivity index (χ2v) is 4.26. The average molecular weight is 208 g/mol. The van der Waals surface area contributed by atoms with Crippen LogP contribution in [0.4, 0.5) is 10.1 Å². The Balaban J connectivity index is 1.76. The lowest BCUT2D eigenvalue weighted by atomic mass is 10.2. The molecule has 0 radical (unpaired) electrons. The second-order valence-electron chi connectivity index (χ2n) is 4.26. The Morgan fingerprint density at radius 3 is 2.87 bits per heavy atom. The van der Waals surface area contributed by atoms with Crippen molar-refractivity contribution in [1.29, 1.82) is 0 Å². The number of anilines is 1. The summed E-state index contributed by atoms with van der Waals surface area (Å²) in [4.78, 5) is 0. The van der Waals surface area contributed by atoms with Crippen LogP contribution in [0.1, 0.15) is 24.8 Å². The molecular formula is C12H17FN2. The highest BCUT2D eigenvalue weighted by atomic mass is 19.1. The van der Waals surface area contributed by atoms with Crippen LogP contribution in [0.25, 0.3) is 0 Å². The van der Waals surface area contributed by atoms with Gasteiger partial charge in [-0.15, -0.1) is 0 Å². The summed E-state index contributed by atoms with van der Waals surface area (Å²) in [5, 5.41) is 3.25. The van der Waals surface area contributed by atoms with Gasteiger partial charge in [0.25, 0.3) is 0 Å². The normalized spacial score (nSPS) is 15.5. The van der Waals surface area contributed by atoms with Crippen molar-refractivity contribution in [1.82, 2.24) is 5.32 Å². The highest BCUT2D eigenvalue weighted by Gasteiger charge is 2.19. The Morgan fingerprint density at radius 2 is 2.20 bits per heavy atom. The van der Waals surface area contributed by atoms with Crippen LogP contribution in [0.15, 0.2) is 18.2 Å². The van der Waals surface area contributed by atoms with Gasteiger partial charge < -0.3 is 11.1 Å². The molecule has 0 amide bonds. The van der Waals surface area contributed by atoms with Crippen molar-refractivity contribution < 1.29 is 4.39 Å². The number of benzene rings is 1. The van der Waals surface area contributed by atoms with Gasteiger partial charge >= 0.3 is 0 Å². The van der Waals surface area contributed by atoms with Crippen LogP contribution in [0.5, 0.6) is 0 Å².